The molecule has 0 unspecified atom stereocenters. The highest BCUT2D eigenvalue weighted by Gasteiger charge is 2.37. The predicted octanol–water partition coefficient (Wildman–Crippen LogP) is 1.99. The number of aromatic nitrogens is 3. The predicted molar refractivity (Wildman–Crippen MR) is 95.7 cm³/mol. The Balaban J connectivity index is 1.40. The molecule has 1 aromatic carbocycles. The number of benzene rings is 1. The number of nitrogens with zero attached hydrogens (tertiary/aromatic N) is 5. The van der Waals surface area contributed by atoms with Gasteiger partial charge in [-0.25, -0.2) is 0 Å². The zero-order chi connectivity index (χ0) is 16.6. The zero-order valence-electron chi connectivity index (χ0n) is 14.0. The van der Waals surface area contributed by atoms with E-state index in [1.165, 1.54) is 5.56 Å². The Labute approximate surface area is 146 Å². The number of rotatable bonds is 2. The van der Waals surface area contributed by atoms with E-state index in [1.54, 1.807) is 0 Å². The van der Waals surface area contributed by atoms with Gasteiger partial charge in [-0.05, 0) is 17.7 Å². The number of morpholine rings is 1. The van der Waals surface area contributed by atoms with Crippen LogP contribution in [0, 0.1) is 0 Å². The van der Waals surface area contributed by atoms with E-state index in [-0.39, 0.29) is 0 Å². The number of piperazine rings is 1. The van der Waals surface area contributed by atoms with Gasteiger partial charge in [-0.3, -0.25) is 9.30 Å². The molecule has 0 N–H and O–H groups in total. The van der Waals surface area contributed by atoms with Crippen LogP contribution in [0.5, 0.6) is 0 Å². The second-order valence-electron chi connectivity index (χ2n) is 6.73. The first-order chi connectivity index (χ1) is 12.4. The Kier molecular flexibility index (Phi) is 3.64. The summed E-state index contributed by atoms with van der Waals surface area (Å²) in [5, 5.41) is 8.70. The molecule has 0 spiro atoms. The van der Waals surface area contributed by atoms with Crippen LogP contribution in [-0.2, 0) is 4.74 Å². The van der Waals surface area contributed by atoms with Crippen LogP contribution < -0.4 is 4.90 Å². The third kappa shape index (κ3) is 2.58. The van der Waals surface area contributed by atoms with Gasteiger partial charge in [0.1, 0.15) is 0 Å². The lowest BCUT2D eigenvalue weighted by Gasteiger charge is -2.48. The van der Waals surface area contributed by atoms with Crippen molar-refractivity contribution in [2.75, 3.05) is 37.7 Å². The SMILES string of the molecule is c1ccc([C@H]2COC[C@H]3CN(c4nnc5ccccn45)CCN32)cc1. The fourth-order valence-electron chi connectivity index (χ4n) is 4.03. The van der Waals surface area contributed by atoms with Gasteiger partial charge in [-0.1, -0.05) is 36.4 Å². The first-order valence-corrected chi connectivity index (χ1v) is 8.83. The highest BCUT2D eigenvalue weighted by molar-refractivity contribution is 5.46. The second-order valence-corrected chi connectivity index (χ2v) is 6.73. The monoisotopic (exact) mass is 335 g/mol. The van der Waals surface area contributed by atoms with Crippen molar-refractivity contribution < 1.29 is 4.74 Å². The number of hydrogen-bond acceptors (Lipinski definition) is 5. The molecule has 4 heterocycles. The molecule has 2 saturated heterocycles. The molecule has 0 aliphatic carbocycles. The van der Waals surface area contributed by atoms with Gasteiger partial charge in [0.25, 0.3) is 0 Å². The Hall–Kier alpha value is -2.44. The lowest BCUT2D eigenvalue weighted by atomic mass is 10.0. The normalized spacial score (nSPS) is 24.4. The minimum Gasteiger partial charge on any atom is -0.378 e. The molecule has 2 aliphatic rings. The van der Waals surface area contributed by atoms with Crippen LogP contribution in [0.15, 0.2) is 54.7 Å². The smallest absolute Gasteiger partial charge is 0.231 e. The molecule has 0 saturated carbocycles. The Morgan fingerprint density at radius 1 is 0.920 bits per heavy atom. The van der Waals surface area contributed by atoms with Crippen molar-refractivity contribution in [2.45, 2.75) is 12.1 Å². The molecule has 25 heavy (non-hydrogen) atoms. The topological polar surface area (TPSA) is 45.9 Å². The van der Waals surface area contributed by atoms with Crippen LogP contribution in [0.4, 0.5) is 5.95 Å². The summed E-state index contributed by atoms with van der Waals surface area (Å²) in [6, 6.07) is 17.4. The molecule has 2 aromatic heterocycles. The molecule has 0 radical (unpaired) electrons. The van der Waals surface area contributed by atoms with E-state index < -0.39 is 0 Å². The van der Waals surface area contributed by atoms with Crippen LogP contribution in [-0.4, -0.2) is 58.4 Å². The average molecular weight is 335 g/mol. The minimum atomic E-state index is 0.345. The maximum Gasteiger partial charge on any atom is 0.231 e. The summed E-state index contributed by atoms with van der Waals surface area (Å²) in [4.78, 5) is 4.93. The molecule has 128 valence electrons. The van der Waals surface area contributed by atoms with Crippen LogP contribution in [0.3, 0.4) is 0 Å². The first kappa shape index (κ1) is 14.9. The summed E-state index contributed by atoms with van der Waals surface area (Å²) in [5.74, 6) is 0.928. The van der Waals surface area contributed by atoms with Crippen molar-refractivity contribution in [2.24, 2.45) is 0 Å². The molecule has 6 nitrogen and oxygen atoms in total. The number of fused-ring (bicyclic) bond motifs is 2. The van der Waals surface area contributed by atoms with Gasteiger partial charge in [0.2, 0.25) is 5.95 Å². The molecular formula is C19H21N5O. The van der Waals surface area contributed by atoms with Crippen molar-refractivity contribution in [3.8, 4) is 0 Å². The van der Waals surface area contributed by atoms with E-state index in [1.807, 2.05) is 24.4 Å². The minimum absolute atomic E-state index is 0.345. The third-order valence-corrected chi connectivity index (χ3v) is 5.28. The highest BCUT2D eigenvalue weighted by atomic mass is 16.5. The Bertz CT molecular complexity index is 864. The van der Waals surface area contributed by atoms with Crippen molar-refractivity contribution in [3.63, 3.8) is 0 Å². The molecule has 2 fully saturated rings. The summed E-state index contributed by atoms with van der Waals surface area (Å²) < 4.78 is 8.01. The highest BCUT2D eigenvalue weighted by Crippen LogP contribution is 2.30. The van der Waals surface area contributed by atoms with Gasteiger partial charge >= 0.3 is 0 Å². The van der Waals surface area contributed by atoms with Crippen molar-refractivity contribution in [1.29, 1.82) is 0 Å². The second kappa shape index (κ2) is 6.13. The standard InChI is InChI=1S/C19H21N5O/c1-2-6-15(7-3-1)17-14-25-13-16-12-22(10-11-23(16)17)19-21-20-18-8-4-5-9-24(18)19/h1-9,16-17H,10-14H2/t16-,17-/m1/s1. The number of pyridine rings is 1. The Morgan fingerprint density at radius 3 is 2.72 bits per heavy atom. The fourth-order valence-corrected chi connectivity index (χ4v) is 4.03. The molecule has 0 amide bonds. The fraction of sp³-hybridized carbons (Fsp3) is 0.368. The molecule has 2 atom stereocenters. The molecule has 0 bridgehead atoms. The molecule has 2 aliphatic heterocycles. The zero-order valence-corrected chi connectivity index (χ0v) is 14.0. The summed E-state index contributed by atoms with van der Waals surface area (Å²) in [7, 11) is 0. The largest absolute Gasteiger partial charge is 0.378 e. The van der Waals surface area contributed by atoms with Gasteiger partial charge in [0.05, 0.1) is 25.3 Å². The van der Waals surface area contributed by atoms with Crippen LogP contribution in [0.25, 0.3) is 5.65 Å². The molecular weight excluding hydrogens is 314 g/mol. The van der Waals surface area contributed by atoms with E-state index in [0.29, 0.717) is 12.1 Å². The summed E-state index contributed by atoms with van der Waals surface area (Å²) >= 11 is 0. The van der Waals surface area contributed by atoms with Crippen LogP contribution >= 0.6 is 0 Å². The van der Waals surface area contributed by atoms with E-state index in [4.69, 9.17) is 4.74 Å². The first-order valence-electron chi connectivity index (χ1n) is 8.83. The summed E-state index contributed by atoms with van der Waals surface area (Å²) in [6.07, 6.45) is 2.03. The number of hydrogen-bond donors (Lipinski definition) is 0. The lowest BCUT2D eigenvalue weighted by Crippen LogP contribution is -2.59. The summed E-state index contributed by atoms with van der Waals surface area (Å²) in [6.45, 7) is 4.43. The average Bonchev–Trinajstić information content (AvgIpc) is 3.12. The van der Waals surface area contributed by atoms with Gasteiger partial charge < -0.3 is 9.64 Å². The van der Waals surface area contributed by atoms with E-state index in [9.17, 15) is 0 Å². The van der Waals surface area contributed by atoms with Crippen molar-refractivity contribution in [3.05, 3.63) is 60.3 Å². The van der Waals surface area contributed by atoms with Gasteiger partial charge in [-0.15, -0.1) is 10.2 Å². The molecule has 6 heteroatoms. The maximum atomic E-state index is 5.95. The van der Waals surface area contributed by atoms with Crippen molar-refractivity contribution in [1.82, 2.24) is 19.5 Å². The van der Waals surface area contributed by atoms with Gasteiger partial charge in [-0.2, -0.15) is 0 Å². The number of ether oxygens (including phenoxy) is 1. The van der Waals surface area contributed by atoms with Crippen LogP contribution in [0.1, 0.15) is 11.6 Å². The quantitative estimate of drug-likeness (QED) is 0.717. The Morgan fingerprint density at radius 2 is 1.80 bits per heavy atom. The molecule has 5 rings (SSSR count). The lowest BCUT2D eigenvalue weighted by molar-refractivity contribution is -0.0549. The van der Waals surface area contributed by atoms with Crippen molar-refractivity contribution >= 4 is 11.6 Å². The van der Waals surface area contributed by atoms with Gasteiger partial charge in [0, 0.05) is 25.8 Å². The summed E-state index contributed by atoms with van der Waals surface area (Å²) in [5.41, 5.74) is 2.23. The number of anilines is 1. The maximum absolute atomic E-state index is 5.95. The van der Waals surface area contributed by atoms with E-state index >= 15 is 0 Å². The third-order valence-electron chi connectivity index (χ3n) is 5.28. The van der Waals surface area contributed by atoms with E-state index in [0.717, 1.165) is 44.4 Å². The van der Waals surface area contributed by atoms with Gasteiger partial charge in [0.15, 0.2) is 5.65 Å². The van der Waals surface area contributed by atoms with E-state index in [2.05, 4.69) is 54.7 Å². The molecule has 3 aromatic rings. The van der Waals surface area contributed by atoms with Crippen LogP contribution in [0.2, 0.25) is 0 Å².